The SMILES string of the molecule is CS(=O)c1ccc(C(=O)N2CCCN(Cc3ccccc3)CC2)cc1. The van der Waals surface area contributed by atoms with Crippen LogP contribution in [0.4, 0.5) is 0 Å². The standard InChI is InChI=1S/C20H24N2O2S/c1-25(24)19-10-8-18(9-11-19)20(23)22-13-5-12-21(14-15-22)16-17-6-3-2-4-7-17/h2-4,6-11H,5,12-16H2,1H3. The molecular formula is C20H24N2O2S. The molecule has 1 aliphatic heterocycles. The maximum Gasteiger partial charge on any atom is 0.253 e. The van der Waals surface area contributed by atoms with Gasteiger partial charge in [-0.25, -0.2) is 0 Å². The highest BCUT2D eigenvalue weighted by Gasteiger charge is 2.20. The second kappa shape index (κ2) is 8.41. The molecule has 0 saturated carbocycles. The van der Waals surface area contributed by atoms with E-state index < -0.39 is 10.8 Å². The molecule has 1 atom stereocenters. The van der Waals surface area contributed by atoms with E-state index in [2.05, 4.69) is 29.2 Å². The molecule has 132 valence electrons. The summed E-state index contributed by atoms with van der Waals surface area (Å²) in [6.45, 7) is 4.35. The van der Waals surface area contributed by atoms with Crippen LogP contribution in [0.25, 0.3) is 0 Å². The van der Waals surface area contributed by atoms with Crippen molar-refractivity contribution in [1.82, 2.24) is 9.80 Å². The van der Waals surface area contributed by atoms with Gasteiger partial charge in [-0.2, -0.15) is 0 Å². The number of nitrogens with zero attached hydrogens (tertiary/aromatic N) is 2. The molecule has 0 aromatic heterocycles. The molecule has 1 unspecified atom stereocenters. The Kier molecular flexibility index (Phi) is 6.00. The molecule has 2 aromatic rings. The maximum atomic E-state index is 12.7. The minimum absolute atomic E-state index is 0.0648. The van der Waals surface area contributed by atoms with Crippen LogP contribution in [0.1, 0.15) is 22.3 Å². The van der Waals surface area contributed by atoms with Gasteiger partial charge in [0.15, 0.2) is 0 Å². The lowest BCUT2D eigenvalue weighted by Crippen LogP contribution is -2.35. The van der Waals surface area contributed by atoms with Crippen LogP contribution in [0.3, 0.4) is 0 Å². The molecule has 4 nitrogen and oxygen atoms in total. The van der Waals surface area contributed by atoms with Gasteiger partial charge >= 0.3 is 0 Å². The Hall–Kier alpha value is -1.98. The summed E-state index contributed by atoms with van der Waals surface area (Å²) in [6.07, 6.45) is 2.63. The number of hydrogen-bond acceptors (Lipinski definition) is 3. The molecule has 3 rings (SSSR count). The quantitative estimate of drug-likeness (QED) is 0.846. The first-order chi connectivity index (χ1) is 12.1. The fourth-order valence-electron chi connectivity index (χ4n) is 3.15. The zero-order valence-electron chi connectivity index (χ0n) is 14.6. The van der Waals surface area contributed by atoms with Crippen LogP contribution in [0.15, 0.2) is 59.5 Å². The van der Waals surface area contributed by atoms with Crippen molar-refractivity contribution >= 4 is 16.7 Å². The summed E-state index contributed by atoms with van der Waals surface area (Å²) < 4.78 is 11.5. The molecule has 25 heavy (non-hydrogen) atoms. The van der Waals surface area contributed by atoms with E-state index in [0.29, 0.717) is 5.56 Å². The molecule has 5 heteroatoms. The fraction of sp³-hybridized carbons (Fsp3) is 0.350. The minimum Gasteiger partial charge on any atom is -0.337 e. The van der Waals surface area contributed by atoms with Gasteiger partial charge in [0.1, 0.15) is 0 Å². The third-order valence-corrected chi connectivity index (χ3v) is 5.49. The zero-order valence-corrected chi connectivity index (χ0v) is 15.4. The van der Waals surface area contributed by atoms with Gasteiger partial charge in [-0.1, -0.05) is 30.3 Å². The van der Waals surface area contributed by atoms with Crippen molar-refractivity contribution in [1.29, 1.82) is 0 Å². The number of amides is 1. The van der Waals surface area contributed by atoms with E-state index in [1.165, 1.54) is 5.56 Å². The van der Waals surface area contributed by atoms with Crippen LogP contribution in [0.2, 0.25) is 0 Å². The second-order valence-electron chi connectivity index (χ2n) is 6.39. The van der Waals surface area contributed by atoms with Crippen molar-refractivity contribution in [2.24, 2.45) is 0 Å². The van der Waals surface area contributed by atoms with Gasteiger partial charge in [-0.05, 0) is 36.2 Å². The van der Waals surface area contributed by atoms with Crippen molar-refractivity contribution < 1.29 is 9.00 Å². The van der Waals surface area contributed by atoms with E-state index in [9.17, 15) is 9.00 Å². The van der Waals surface area contributed by atoms with Gasteiger partial charge in [0.2, 0.25) is 0 Å². The largest absolute Gasteiger partial charge is 0.337 e. The highest BCUT2D eigenvalue weighted by atomic mass is 32.2. The third kappa shape index (κ3) is 4.77. The van der Waals surface area contributed by atoms with E-state index in [1.54, 1.807) is 30.5 Å². The maximum absolute atomic E-state index is 12.7. The predicted octanol–water partition coefficient (Wildman–Crippen LogP) is 2.77. The smallest absolute Gasteiger partial charge is 0.253 e. The zero-order chi connectivity index (χ0) is 17.6. The van der Waals surface area contributed by atoms with E-state index in [-0.39, 0.29) is 5.91 Å². The van der Waals surface area contributed by atoms with Crippen LogP contribution in [-0.2, 0) is 17.3 Å². The van der Waals surface area contributed by atoms with Gasteiger partial charge in [0, 0.05) is 60.2 Å². The number of benzene rings is 2. The molecule has 0 bridgehead atoms. The normalized spacial score (nSPS) is 17.1. The summed E-state index contributed by atoms with van der Waals surface area (Å²) in [4.78, 5) is 17.8. The van der Waals surface area contributed by atoms with Crippen molar-refractivity contribution in [3.05, 3.63) is 65.7 Å². The van der Waals surface area contributed by atoms with Crippen molar-refractivity contribution in [2.75, 3.05) is 32.4 Å². The molecule has 0 radical (unpaired) electrons. The average Bonchev–Trinajstić information content (AvgIpc) is 2.88. The monoisotopic (exact) mass is 356 g/mol. The number of rotatable bonds is 4. The number of carbonyl (C=O) groups is 1. The van der Waals surface area contributed by atoms with Gasteiger partial charge in [0.05, 0.1) is 0 Å². The summed E-state index contributed by atoms with van der Waals surface area (Å²) in [6, 6.07) is 17.6. The molecule has 0 aliphatic carbocycles. The van der Waals surface area contributed by atoms with E-state index >= 15 is 0 Å². The molecule has 2 aromatic carbocycles. The molecule has 1 fully saturated rings. The molecule has 0 N–H and O–H groups in total. The van der Waals surface area contributed by atoms with E-state index in [1.807, 2.05) is 11.0 Å². The Morgan fingerprint density at radius 2 is 1.68 bits per heavy atom. The van der Waals surface area contributed by atoms with Gasteiger partial charge < -0.3 is 4.90 Å². The van der Waals surface area contributed by atoms with Crippen LogP contribution in [-0.4, -0.2) is 52.4 Å². The number of hydrogen-bond donors (Lipinski definition) is 0. The molecule has 1 amide bonds. The molecule has 1 saturated heterocycles. The second-order valence-corrected chi connectivity index (χ2v) is 7.77. The lowest BCUT2D eigenvalue weighted by atomic mass is 10.2. The first-order valence-corrected chi connectivity index (χ1v) is 10.2. The Morgan fingerprint density at radius 3 is 2.36 bits per heavy atom. The van der Waals surface area contributed by atoms with Crippen LogP contribution in [0, 0.1) is 0 Å². The fourth-order valence-corrected chi connectivity index (χ4v) is 3.66. The van der Waals surface area contributed by atoms with Gasteiger partial charge in [0.25, 0.3) is 5.91 Å². The van der Waals surface area contributed by atoms with E-state index in [0.717, 1.165) is 44.0 Å². The Morgan fingerprint density at radius 1 is 0.960 bits per heavy atom. The molecule has 0 spiro atoms. The van der Waals surface area contributed by atoms with Crippen LogP contribution >= 0.6 is 0 Å². The summed E-state index contributed by atoms with van der Waals surface area (Å²) in [5.41, 5.74) is 1.98. The Bertz CT molecular complexity index is 731. The highest BCUT2D eigenvalue weighted by molar-refractivity contribution is 7.84. The Balaban J connectivity index is 1.60. The van der Waals surface area contributed by atoms with Gasteiger partial charge in [-0.15, -0.1) is 0 Å². The van der Waals surface area contributed by atoms with Crippen molar-refractivity contribution in [3.63, 3.8) is 0 Å². The summed E-state index contributed by atoms with van der Waals surface area (Å²) >= 11 is 0. The lowest BCUT2D eigenvalue weighted by molar-refractivity contribution is 0.0761. The topological polar surface area (TPSA) is 40.6 Å². The molecule has 1 aliphatic rings. The minimum atomic E-state index is -1.01. The lowest BCUT2D eigenvalue weighted by Gasteiger charge is -2.22. The Labute approximate surface area is 151 Å². The van der Waals surface area contributed by atoms with Crippen molar-refractivity contribution in [3.8, 4) is 0 Å². The molecule has 1 heterocycles. The van der Waals surface area contributed by atoms with Crippen LogP contribution < -0.4 is 0 Å². The predicted molar refractivity (Wildman–Crippen MR) is 101 cm³/mol. The first kappa shape index (κ1) is 17.8. The summed E-state index contributed by atoms with van der Waals surface area (Å²) in [5, 5.41) is 0. The first-order valence-electron chi connectivity index (χ1n) is 8.62. The van der Waals surface area contributed by atoms with Crippen molar-refractivity contribution in [2.45, 2.75) is 17.9 Å². The summed E-state index contributed by atoms with van der Waals surface area (Å²) in [5.74, 6) is 0.0648. The van der Waals surface area contributed by atoms with Gasteiger partial charge in [-0.3, -0.25) is 13.9 Å². The molecular weight excluding hydrogens is 332 g/mol. The van der Waals surface area contributed by atoms with E-state index in [4.69, 9.17) is 0 Å². The third-order valence-electron chi connectivity index (χ3n) is 4.56. The van der Waals surface area contributed by atoms with Crippen LogP contribution in [0.5, 0.6) is 0 Å². The average molecular weight is 356 g/mol. The summed E-state index contributed by atoms with van der Waals surface area (Å²) in [7, 11) is -1.01. The number of carbonyl (C=O) groups excluding carboxylic acids is 1. The highest BCUT2D eigenvalue weighted by Crippen LogP contribution is 2.13.